The largest absolute Gasteiger partial charge is 0.476 e. The maximum Gasteiger partial charge on any atom is 0.357 e. The third-order valence-electron chi connectivity index (χ3n) is 2.76. The van der Waals surface area contributed by atoms with E-state index in [1.165, 1.54) is 6.07 Å². The maximum atomic E-state index is 13.4. The topological polar surface area (TPSA) is 75.4 Å². The first-order chi connectivity index (χ1) is 8.97. The van der Waals surface area contributed by atoms with Crippen molar-refractivity contribution in [3.05, 3.63) is 47.1 Å². The van der Waals surface area contributed by atoms with E-state index in [4.69, 9.17) is 9.52 Å². The zero-order valence-electron chi connectivity index (χ0n) is 10.5. The minimum atomic E-state index is -1.16. The van der Waals surface area contributed by atoms with Gasteiger partial charge in [-0.25, -0.2) is 9.18 Å². The number of hydrogen-bond acceptors (Lipinski definition) is 4. The third-order valence-corrected chi connectivity index (χ3v) is 2.76. The van der Waals surface area contributed by atoms with Gasteiger partial charge in [0.15, 0.2) is 5.69 Å². The van der Waals surface area contributed by atoms with E-state index in [-0.39, 0.29) is 23.6 Å². The van der Waals surface area contributed by atoms with Gasteiger partial charge in [-0.2, -0.15) is 4.98 Å². The van der Waals surface area contributed by atoms with E-state index in [1.807, 2.05) is 0 Å². The minimum Gasteiger partial charge on any atom is -0.476 e. The van der Waals surface area contributed by atoms with Crippen molar-refractivity contribution in [1.82, 2.24) is 4.98 Å². The van der Waals surface area contributed by atoms with Gasteiger partial charge in [-0.1, -0.05) is 12.1 Å². The molecule has 5 nitrogen and oxygen atoms in total. The van der Waals surface area contributed by atoms with Gasteiger partial charge in [0.2, 0.25) is 0 Å². The van der Waals surface area contributed by atoms with E-state index in [0.29, 0.717) is 5.56 Å². The van der Waals surface area contributed by atoms with E-state index in [9.17, 15) is 9.18 Å². The molecular formula is C13H13FN2O3. The number of aromatic nitrogens is 1. The quantitative estimate of drug-likeness (QED) is 0.887. The number of aryl methyl sites for hydroxylation is 1. The lowest BCUT2D eigenvalue weighted by Gasteiger charge is -2.13. The molecule has 2 aromatic rings. The van der Waals surface area contributed by atoms with Crippen LogP contribution in [0.3, 0.4) is 0 Å². The molecule has 0 saturated carbocycles. The Morgan fingerprint density at radius 3 is 2.84 bits per heavy atom. The number of halogens is 1. The Bertz CT molecular complexity index is 610. The minimum absolute atomic E-state index is 0.0888. The Hall–Kier alpha value is -2.37. The summed E-state index contributed by atoms with van der Waals surface area (Å²) in [7, 11) is 0. The molecule has 19 heavy (non-hydrogen) atoms. The molecule has 0 fully saturated rings. The fourth-order valence-electron chi connectivity index (χ4n) is 1.59. The number of carbonyl (C=O) groups is 1. The van der Waals surface area contributed by atoms with Crippen molar-refractivity contribution in [2.24, 2.45) is 0 Å². The number of carboxylic acids is 1. The van der Waals surface area contributed by atoms with Crippen molar-refractivity contribution >= 4 is 12.0 Å². The SMILES string of the molecule is Cc1ccc(C(C)Nc2nc(C(=O)O)co2)cc1F. The van der Waals surface area contributed by atoms with Crippen LogP contribution in [0.1, 0.15) is 34.6 Å². The molecular weight excluding hydrogens is 251 g/mol. The van der Waals surface area contributed by atoms with Gasteiger partial charge < -0.3 is 14.8 Å². The second kappa shape index (κ2) is 5.09. The van der Waals surface area contributed by atoms with Crippen LogP contribution in [0, 0.1) is 12.7 Å². The fourth-order valence-corrected chi connectivity index (χ4v) is 1.59. The zero-order chi connectivity index (χ0) is 14.0. The molecule has 100 valence electrons. The number of nitrogens with zero attached hydrogens (tertiary/aromatic N) is 1. The third kappa shape index (κ3) is 2.90. The summed E-state index contributed by atoms with van der Waals surface area (Å²) in [4.78, 5) is 14.4. The summed E-state index contributed by atoms with van der Waals surface area (Å²) in [5.74, 6) is -1.45. The van der Waals surface area contributed by atoms with E-state index < -0.39 is 5.97 Å². The monoisotopic (exact) mass is 264 g/mol. The molecule has 0 radical (unpaired) electrons. The van der Waals surface area contributed by atoms with Gasteiger partial charge in [0.05, 0.1) is 6.04 Å². The van der Waals surface area contributed by atoms with Crippen molar-refractivity contribution in [3.8, 4) is 0 Å². The van der Waals surface area contributed by atoms with Crippen molar-refractivity contribution < 1.29 is 18.7 Å². The highest BCUT2D eigenvalue weighted by molar-refractivity contribution is 5.85. The molecule has 0 amide bonds. The van der Waals surface area contributed by atoms with E-state index in [2.05, 4.69) is 10.3 Å². The van der Waals surface area contributed by atoms with Crippen molar-refractivity contribution in [2.75, 3.05) is 5.32 Å². The number of anilines is 1. The molecule has 1 heterocycles. The zero-order valence-corrected chi connectivity index (χ0v) is 10.5. The summed E-state index contributed by atoms with van der Waals surface area (Å²) in [6.07, 6.45) is 1.05. The number of aromatic carboxylic acids is 1. The first kappa shape index (κ1) is 13.1. The van der Waals surface area contributed by atoms with Crippen LogP contribution in [0.4, 0.5) is 10.4 Å². The number of oxazole rings is 1. The molecule has 2 N–H and O–H groups in total. The number of hydrogen-bond donors (Lipinski definition) is 2. The van der Waals surface area contributed by atoms with Crippen molar-refractivity contribution in [1.29, 1.82) is 0 Å². The lowest BCUT2D eigenvalue weighted by molar-refractivity contribution is 0.0690. The number of nitrogens with one attached hydrogen (secondary N) is 1. The predicted molar refractivity (Wildman–Crippen MR) is 66.6 cm³/mol. The molecule has 0 aliphatic heterocycles. The van der Waals surface area contributed by atoms with Gasteiger partial charge >= 0.3 is 5.97 Å². The summed E-state index contributed by atoms with van der Waals surface area (Å²) in [5, 5.41) is 11.6. The normalized spacial score (nSPS) is 12.2. The molecule has 1 aromatic heterocycles. The molecule has 0 aliphatic rings. The summed E-state index contributed by atoms with van der Waals surface area (Å²) >= 11 is 0. The average molecular weight is 264 g/mol. The number of carboxylic acid groups (broad SMARTS) is 1. The molecule has 0 saturated heterocycles. The first-order valence-corrected chi connectivity index (χ1v) is 5.69. The molecule has 6 heteroatoms. The lowest BCUT2D eigenvalue weighted by atomic mass is 10.1. The van der Waals surface area contributed by atoms with Crippen LogP contribution in [0.2, 0.25) is 0 Å². The summed E-state index contributed by atoms with van der Waals surface area (Å²) in [6.45, 7) is 3.49. The lowest BCUT2D eigenvalue weighted by Crippen LogP contribution is -2.08. The van der Waals surface area contributed by atoms with Crippen LogP contribution in [0.15, 0.2) is 28.9 Å². The molecule has 0 aliphatic carbocycles. The van der Waals surface area contributed by atoms with Crippen molar-refractivity contribution in [3.63, 3.8) is 0 Å². The summed E-state index contributed by atoms with van der Waals surface area (Å²) in [6, 6.07) is 4.73. The van der Waals surface area contributed by atoms with Crippen LogP contribution < -0.4 is 5.32 Å². The Labute approximate surface area is 109 Å². The number of benzene rings is 1. The van der Waals surface area contributed by atoms with Gasteiger partial charge in [-0.15, -0.1) is 0 Å². The van der Waals surface area contributed by atoms with Crippen LogP contribution in [-0.4, -0.2) is 16.1 Å². The summed E-state index contributed by atoms with van der Waals surface area (Å²) in [5.41, 5.74) is 1.11. The molecule has 1 atom stereocenters. The molecule has 1 unspecified atom stereocenters. The Balaban J connectivity index is 2.13. The first-order valence-electron chi connectivity index (χ1n) is 5.69. The molecule has 2 rings (SSSR count). The highest BCUT2D eigenvalue weighted by Crippen LogP contribution is 2.20. The highest BCUT2D eigenvalue weighted by atomic mass is 19.1. The second-order valence-electron chi connectivity index (χ2n) is 4.22. The Kier molecular flexibility index (Phi) is 3.50. The van der Waals surface area contributed by atoms with Gasteiger partial charge in [0.25, 0.3) is 6.01 Å². The fraction of sp³-hybridized carbons (Fsp3) is 0.231. The Morgan fingerprint density at radius 1 is 1.53 bits per heavy atom. The van der Waals surface area contributed by atoms with Crippen LogP contribution in [-0.2, 0) is 0 Å². The van der Waals surface area contributed by atoms with Gasteiger partial charge in [0.1, 0.15) is 12.1 Å². The van der Waals surface area contributed by atoms with E-state index in [1.54, 1.807) is 26.0 Å². The maximum absolute atomic E-state index is 13.4. The number of rotatable bonds is 4. The van der Waals surface area contributed by atoms with Gasteiger partial charge in [0, 0.05) is 0 Å². The van der Waals surface area contributed by atoms with Gasteiger partial charge in [-0.05, 0) is 31.0 Å². The van der Waals surface area contributed by atoms with Gasteiger partial charge in [-0.3, -0.25) is 0 Å². The predicted octanol–water partition coefficient (Wildman–Crippen LogP) is 2.99. The summed E-state index contributed by atoms with van der Waals surface area (Å²) < 4.78 is 18.4. The standard InChI is InChI=1S/C13H13FN2O3/c1-7-3-4-9(5-10(7)14)8(2)15-13-16-11(6-19-13)12(17)18/h3-6,8H,1-2H3,(H,15,16)(H,17,18). The molecule has 0 bridgehead atoms. The molecule has 0 spiro atoms. The highest BCUT2D eigenvalue weighted by Gasteiger charge is 2.13. The van der Waals surface area contributed by atoms with Crippen LogP contribution >= 0.6 is 0 Å². The average Bonchev–Trinajstić information content (AvgIpc) is 2.81. The van der Waals surface area contributed by atoms with Crippen LogP contribution in [0.5, 0.6) is 0 Å². The Morgan fingerprint density at radius 2 is 2.26 bits per heavy atom. The van der Waals surface area contributed by atoms with Crippen LogP contribution in [0.25, 0.3) is 0 Å². The van der Waals surface area contributed by atoms with E-state index in [0.717, 1.165) is 11.8 Å². The second-order valence-corrected chi connectivity index (χ2v) is 4.22. The van der Waals surface area contributed by atoms with Crippen molar-refractivity contribution in [2.45, 2.75) is 19.9 Å². The molecule has 1 aromatic carbocycles. The van der Waals surface area contributed by atoms with E-state index >= 15 is 0 Å². The smallest absolute Gasteiger partial charge is 0.357 e.